The van der Waals surface area contributed by atoms with E-state index >= 15 is 0 Å². The zero-order valence-corrected chi connectivity index (χ0v) is 18.2. The molecular formula is C23H28N6O2. The molecule has 0 unspecified atom stereocenters. The van der Waals surface area contributed by atoms with Gasteiger partial charge in [-0.25, -0.2) is 4.98 Å². The number of aromatic amines is 1. The average Bonchev–Trinajstić information content (AvgIpc) is 3.27. The molecule has 162 valence electrons. The normalized spacial score (nSPS) is 18.5. The molecule has 1 aromatic carbocycles. The molecule has 0 amide bonds. The predicted octanol–water partition coefficient (Wildman–Crippen LogP) is 2.83. The number of carbonyl (C=O) groups excluding carboxylic acids is 2. The first kappa shape index (κ1) is 19.9. The number of hydrogen-bond donors (Lipinski definition) is 3. The molecule has 3 heterocycles. The molecule has 0 atom stereocenters. The summed E-state index contributed by atoms with van der Waals surface area (Å²) in [5, 5.41) is 8.07. The van der Waals surface area contributed by atoms with Gasteiger partial charge in [0, 0.05) is 17.5 Å². The number of Topliss-reactive ketones (excluding diaryl/α,β-unsaturated/α-hetero) is 1. The van der Waals surface area contributed by atoms with Crippen molar-refractivity contribution in [3.8, 4) is 0 Å². The third-order valence-corrected chi connectivity index (χ3v) is 6.61. The Morgan fingerprint density at radius 2 is 1.94 bits per heavy atom. The fraction of sp³-hybridized carbons (Fsp3) is 0.478. The number of anilines is 1. The number of benzene rings is 1. The number of fused-ring (bicyclic) bond motifs is 2. The third-order valence-electron chi connectivity index (χ3n) is 6.61. The predicted molar refractivity (Wildman–Crippen MR) is 118 cm³/mol. The summed E-state index contributed by atoms with van der Waals surface area (Å²) in [7, 11) is 0. The van der Waals surface area contributed by atoms with E-state index < -0.39 is 5.54 Å². The average molecular weight is 421 g/mol. The SMILES string of the molecule is CC(C)(C)n1nc2c(c1C(=O)c1ccc3nc(N)[nH]c3c1)CC1(CCNCC1)CC2=O. The van der Waals surface area contributed by atoms with Gasteiger partial charge in [-0.05, 0) is 76.7 Å². The number of nitrogen functional groups attached to an aromatic ring is 1. The maximum Gasteiger partial charge on any atom is 0.211 e. The molecule has 0 radical (unpaired) electrons. The van der Waals surface area contributed by atoms with Crippen molar-refractivity contribution < 1.29 is 9.59 Å². The molecule has 3 aromatic rings. The molecule has 5 rings (SSSR count). The van der Waals surface area contributed by atoms with Crippen LogP contribution in [0.3, 0.4) is 0 Å². The molecule has 1 spiro atoms. The Morgan fingerprint density at radius 3 is 2.65 bits per heavy atom. The highest BCUT2D eigenvalue weighted by Crippen LogP contribution is 2.44. The lowest BCUT2D eigenvalue weighted by Crippen LogP contribution is -2.42. The van der Waals surface area contributed by atoms with Crippen LogP contribution >= 0.6 is 0 Å². The van der Waals surface area contributed by atoms with Crippen molar-refractivity contribution in [3.63, 3.8) is 0 Å². The largest absolute Gasteiger partial charge is 0.369 e. The number of carbonyl (C=O) groups is 2. The maximum absolute atomic E-state index is 13.8. The number of H-pyrrole nitrogens is 1. The number of nitrogens with two attached hydrogens (primary N) is 1. The van der Waals surface area contributed by atoms with Crippen molar-refractivity contribution in [2.24, 2.45) is 5.41 Å². The molecule has 2 aliphatic rings. The molecule has 8 heteroatoms. The fourth-order valence-corrected chi connectivity index (χ4v) is 5.04. The lowest BCUT2D eigenvalue weighted by molar-refractivity contribution is 0.0830. The Hall–Kier alpha value is -3.00. The van der Waals surface area contributed by atoms with Gasteiger partial charge in [0.25, 0.3) is 0 Å². The van der Waals surface area contributed by atoms with E-state index in [9.17, 15) is 9.59 Å². The van der Waals surface area contributed by atoms with Crippen LogP contribution in [0.4, 0.5) is 5.95 Å². The first-order valence-electron chi connectivity index (χ1n) is 10.8. The molecule has 2 aromatic heterocycles. The summed E-state index contributed by atoms with van der Waals surface area (Å²) in [6.45, 7) is 7.82. The fourth-order valence-electron chi connectivity index (χ4n) is 5.04. The van der Waals surface area contributed by atoms with Crippen LogP contribution in [0.2, 0.25) is 0 Å². The van der Waals surface area contributed by atoms with Crippen molar-refractivity contribution in [3.05, 3.63) is 40.7 Å². The molecule has 4 N–H and O–H groups in total. The Morgan fingerprint density at radius 1 is 1.19 bits per heavy atom. The number of nitrogens with one attached hydrogen (secondary N) is 2. The minimum Gasteiger partial charge on any atom is -0.369 e. The Kier molecular flexibility index (Phi) is 4.34. The first-order valence-corrected chi connectivity index (χ1v) is 10.8. The number of nitrogens with zero attached hydrogens (tertiary/aromatic N) is 3. The van der Waals surface area contributed by atoms with Gasteiger partial charge in [-0.15, -0.1) is 0 Å². The van der Waals surface area contributed by atoms with Crippen LogP contribution in [-0.2, 0) is 12.0 Å². The molecule has 8 nitrogen and oxygen atoms in total. The molecule has 1 aliphatic heterocycles. The van der Waals surface area contributed by atoms with Crippen molar-refractivity contribution >= 4 is 28.5 Å². The van der Waals surface area contributed by atoms with Gasteiger partial charge in [0.05, 0.1) is 16.6 Å². The van der Waals surface area contributed by atoms with Crippen LogP contribution in [-0.4, -0.2) is 44.4 Å². The standard InChI is InChI=1S/C23H28N6O2/c1-22(2,3)29-19(20(31)13-4-5-15-16(10-13)27-21(24)26-15)14-11-23(6-8-25-9-7-23)12-17(30)18(14)28-29/h4-5,10,25H,6-9,11-12H2,1-3H3,(H3,24,26,27). The quantitative estimate of drug-likeness (QED) is 0.549. The van der Waals surface area contributed by atoms with E-state index in [1.807, 2.05) is 20.8 Å². The monoisotopic (exact) mass is 420 g/mol. The highest BCUT2D eigenvalue weighted by Gasteiger charge is 2.44. The number of piperidine rings is 1. The van der Waals surface area contributed by atoms with E-state index in [1.54, 1.807) is 22.9 Å². The summed E-state index contributed by atoms with van der Waals surface area (Å²) in [6.07, 6.45) is 3.10. The first-order chi connectivity index (χ1) is 14.7. The summed E-state index contributed by atoms with van der Waals surface area (Å²) < 4.78 is 1.75. The molecule has 0 saturated carbocycles. The van der Waals surface area contributed by atoms with Gasteiger partial charge in [0.15, 0.2) is 11.7 Å². The summed E-state index contributed by atoms with van der Waals surface area (Å²) >= 11 is 0. The minimum atomic E-state index is -0.438. The van der Waals surface area contributed by atoms with Gasteiger partial charge >= 0.3 is 0 Å². The smallest absolute Gasteiger partial charge is 0.211 e. The van der Waals surface area contributed by atoms with Gasteiger partial charge in [0.1, 0.15) is 11.4 Å². The number of rotatable bonds is 2. The highest BCUT2D eigenvalue weighted by molar-refractivity contribution is 6.12. The summed E-state index contributed by atoms with van der Waals surface area (Å²) in [5.41, 5.74) is 9.00. The van der Waals surface area contributed by atoms with E-state index in [4.69, 9.17) is 5.73 Å². The number of aromatic nitrogens is 4. The zero-order valence-electron chi connectivity index (χ0n) is 18.2. The summed E-state index contributed by atoms with van der Waals surface area (Å²) in [5.74, 6) is 0.240. The summed E-state index contributed by atoms with van der Waals surface area (Å²) in [6, 6.07) is 5.33. The van der Waals surface area contributed by atoms with E-state index in [-0.39, 0.29) is 17.0 Å². The van der Waals surface area contributed by atoms with Crippen LogP contribution in [0.5, 0.6) is 0 Å². The Bertz CT molecular complexity index is 1210. The molecule has 31 heavy (non-hydrogen) atoms. The van der Waals surface area contributed by atoms with E-state index in [1.165, 1.54) is 0 Å². The van der Waals surface area contributed by atoms with Crippen molar-refractivity contribution in [2.75, 3.05) is 18.8 Å². The Balaban J connectivity index is 1.66. The molecule has 0 bridgehead atoms. The van der Waals surface area contributed by atoms with Crippen LogP contribution < -0.4 is 11.1 Å². The molecule has 1 saturated heterocycles. The number of imidazole rings is 1. The van der Waals surface area contributed by atoms with Crippen LogP contribution in [0.25, 0.3) is 11.0 Å². The van der Waals surface area contributed by atoms with Gasteiger partial charge in [-0.1, -0.05) is 0 Å². The highest BCUT2D eigenvalue weighted by atomic mass is 16.1. The van der Waals surface area contributed by atoms with Gasteiger partial charge in [-0.2, -0.15) is 5.10 Å². The van der Waals surface area contributed by atoms with E-state index in [2.05, 4.69) is 20.4 Å². The van der Waals surface area contributed by atoms with Crippen LogP contribution in [0, 0.1) is 5.41 Å². The zero-order chi connectivity index (χ0) is 22.0. The van der Waals surface area contributed by atoms with Gasteiger partial charge in [-0.3, -0.25) is 14.3 Å². The second kappa shape index (κ2) is 6.75. The van der Waals surface area contributed by atoms with Crippen LogP contribution in [0.1, 0.15) is 72.1 Å². The Labute approximate surface area is 180 Å². The number of ketones is 2. The molecule has 1 aliphatic carbocycles. The lowest BCUT2D eigenvalue weighted by Gasteiger charge is -2.39. The topological polar surface area (TPSA) is 119 Å². The van der Waals surface area contributed by atoms with Gasteiger partial charge in [0.2, 0.25) is 5.78 Å². The minimum absolute atomic E-state index is 0.0528. The van der Waals surface area contributed by atoms with E-state index in [0.29, 0.717) is 46.8 Å². The van der Waals surface area contributed by atoms with Crippen molar-refractivity contribution in [1.82, 2.24) is 25.1 Å². The summed E-state index contributed by atoms with van der Waals surface area (Å²) in [4.78, 5) is 34.2. The molecule has 1 fully saturated rings. The maximum atomic E-state index is 13.8. The van der Waals surface area contributed by atoms with Gasteiger partial charge < -0.3 is 16.0 Å². The number of hydrogen-bond acceptors (Lipinski definition) is 6. The van der Waals surface area contributed by atoms with E-state index in [0.717, 1.165) is 31.5 Å². The second-order valence-electron chi connectivity index (χ2n) is 9.97. The second-order valence-corrected chi connectivity index (χ2v) is 9.97. The lowest BCUT2D eigenvalue weighted by atomic mass is 9.67. The van der Waals surface area contributed by atoms with Crippen molar-refractivity contribution in [2.45, 2.75) is 52.0 Å². The third kappa shape index (κ3) is 3.26. The molecular weight excluding hydrogens is 392 g/mol. The van der Waals surface area contributed by atoms with Crippen molar-refractivity contribution in [1.29, 1.82) is 0 Å². The van der Waals surface area contributed by atoms with Crippen LogP contribution in [0.15, 0.2) is 18.2 Å².